The van der Waals surface area contributed by atoms with E-state index in [1.54, 1.807) is 19.2 Å². The highest BCUT2D eigenvalue weighted by atomic mass is 16.6. The zero-order valence-electron chi connectivity index (χ0n) is 11.2. The molecule has 6 heteroatoms. The van der Waals surface area contributed by atoms with Gasteiger partial charge >= 0.3 is 0 Å². The Morgan fingerprint density at radius 1 is 1.58 bits per heavy atom. The van der Waals surface area contributed by atoms with Crippen molar-refractivity contribution in [1.82, 2.24) is 0 Å². The molecular formula is C13H19N3O3. The molecule has 0 radical (unpaired) electrons. The summed E-state index contributed by atoms with van der Waals surface area (Å²) in [6.07, 6.45) is 0.964. The van der Waals surface area contributed by atoms with Gasteiger partial charge in [0.1, 0.15) is 11.4 Å². The second-order valence-electron chi connectivity index (χ2n) is 4.97. The number of benzene rings is 1. The van der Waals surface area contributed by atoms with Crippen LogP contribution >= 0.6 is 0 Å². The molecule has 0 saturated carbocycles. The van der Waals surface area contributed by atoms with Crippen LogP contribution in [0.3, 0.4) is 0 Å². The van der Waals surface area contributed by atoms with Gasteiger partial charge in [-0.2, -0.15) is 0 Å². The summed E-state index contributed by atoms with van der Waals surface area (Å²) < 4.78 is 5.15. The van der Waals surface area contributed by atoms with Crippen molar-refractivity contribution in [2.24, 2.45) is 11.7 Å². The van der Waals surface area contributed by atoms with Crippen LogP contribution in [-0.4, -0.2) is 31.2 Å². The van der Waals surface area contributed by atoms with Crippen LogP contribution in [0.15, 0.2) is 18.2 Å². The average molecular weight is 265 g/mol. The van der Waals surface area contributed by atoms with Gasteiger partial charge in [-0.15, -0.1) is 0 Å². The average Bonchev–Trinajstić information content (AvgIpc) is 2.87. The first kappa shape index (κ1) is 13.6. The molecule has 0 aromatic heterocycles. The maximum absolute atomic E-state index is 11.1. The minimum absolute atomic E-state index is 0.106. The normalized spacial score (nSPS) is 20.4. The van der Waals surface area contributed by atoms with Crippen LogP contribution in [0.2, 0.25) is 0 Å². The first-order valence-corrected chi connectivity index (χ1v) is 6.36. The predicted molar refractivity (Wildman–Crippen MR) is 73.6 cm³/mol. The molecule has 1 fully saturated rings. The number of hydrogen-bond donors (Lipinski definition) is 1. The van der Waals surface area contributed by atoms with Gasteiger partial charge in [0.2, 0.25) is 0 Å². The lowest BCUT2D eigenvalue weighted by atomic mass is 10.0. The zero-order valence-corrected chi connectivity index (χ0v) is 11.2. The Balaban J connectivity index is 2.30. The molecule has 6 nitrogen and oxygen atoms in total. The summed E-state index contributed by atoms with van der Waals surface area (Å²) in [5.41, 5.74) is 6.64. The van der Waals surface area contributed by atoms with Crippen molar-refractivity contribution in [3.63, 3.8) is 0 Å². The van der Waals surface area contributed by atoms with Gasteiger partial charge in [0.15, 0.2) is 0 Å². The van der Waals surface area contributed by atoms with Crippen molar-refractivity contribution in [2.75, 3.05) is 25.1 Å². The van der Waals surface area contributed by atoms with Crippen molar-refractivity contribution in [3.8, 4) is 5.75 Å². The summed E-state index contributed by atoms with van der Waals surface area (Å²) in [7, 11) is 1.56. The molecule has 19 heavy (non-hydrogen) atoms. The second kappa shape index (κ2) is 5.44. The maximum atomic E-state index is 11.1. The summed E-state index contributed by atoms with van der Waals surface area (Å²) in [6, 6.07) is 4.94. The minimum Gasteiger partial charge on any atom is -0.497 e. The van der Waals surface area contributed by atoms with Crippen molar-refractivity contribution < 1.29 is 9.66 Å². The van der Waals surface area contributed by atoms with E-state index in [1.807, 2.05) is 11.8 Å². The first-order valence-electron chi connectivity index (χ1n) is 6.36. The van der Waals surface area contributed by atoms with Gasteiger partial charge in [-0.3, -0.25) is 10.1 Å². The quantitative estimate of drug-likeness (QED) is 0.663. The van der Waals surface area contributed by atoms with Gasteiger partial charge in [-0.25, -0.2) is 0 Å². The molecule has 1 heterocycles. The fraction of sp³-hybridized carbons (Fsp3) is 0.538. The molecule has 2 atom stereocenters. The van der Waals surface area contributed by atoms with Crippen molar-refractivity contribution >= 4 is 11.4 Å². The molecule has 1 saturated heterocycles. The van der Waals surface area contributed by atoms with Gasteiger partial charge in [0.05, 0.1) is 12.0 Å². The second-order valence-corrected chi connectivity index (χ2v) is 4.97. The number of nitro groups is 1. The monoisotopic (exact) mass is 265 g/mol. The third-order valence-electron chi connectivity index (χ3n) is 3.69. The Hall–Kier alpha value is -1.82. The van der Waals surface area contributed by atoms with E-state index in [0.717, 1.165) is 19.5 Å². The summed E-state index contributed by atoms with van der Waals surface area (Å²) in [5, 5.41) is 11.1. The lowest BCUT2D eigenvalue weighted by molar-refractivity contribution is -0.384. The Kier molecular flexibility index (Phi) is 3.90. The van der Waals surface area contributed by atoms with E-state index in [9.17, 15) is 10.1 Å². The third-order valence-corrected chi connectivity index (χ3v) is 3.69. The van der Waals surface area contributed by atoms with Crippen molar-refractivity contribution in [2.45, 2.75) is 19.4 Å². The van der Waals surface area contributed by atoms with Gasteiger partial charge < -0.3 is 15.4 Å². The number of ether oxygens (including phenoxy) is 1. The largest absolute Gasteiger partial charge is 0.497 e. The maximum Gasteiger partial charge on any atom is 0.292 e. The van der Waals surface area contributed by atoms with E-state index in [1.165, 1.54) is 6.07 Å². The molecule has 1 aliphatic heterocycles. The summed E-state index contributed by atoms with van der Waals surface area (Å²) in [4.78, 5) is 12.8. The van der Waals surface area contributed by atoms with E-state index in [4.69, 9.17) is 10.5 Å². The predicted octanol–water partition coefficient (Wildman–Crippen LogP) is 1.78. The highest BCUT2D eigenvalue weighted by molar-refractivity contribution is 5.66. The Morgan fingerprint density at radius 2 is 2.32 bits per heavy atom. The summed E-state index contributed by atoms with van der Waals surface area (Å²) in [6.45, 7) is 3.53. The molecule has 0 spiro atoms. The number of nitro benzene ring substituents is 1. The molecule has 2 rings (SSSR count). The number of nitrogens with zero attached hydrogens (tertiary/aromatic N) is 2. The van der Waals surface area contributed by atoms with E-state index in [2.05, 4.69) is 0 Å². The smallest absolute Gasteiger partial charge is 0.292 e. The Bertz CT molecular complexity index is 476. The highest BCUT2D eigenvalue weighted by Crippen LogP contribution is 2.35. The molecule has 0 amide bonds. The number of hydrogen-bond acceptors (Lipinski definition) is 5. The van der Waals surface area contributed by atoms with Gasteiger partial charge in [0.25, 0.3) is 5.69 Å². The Labute approximate surface area is 112 Å². The van der Waals surface area contributed by atoms with Crippen LogP contribution in [0.4, 0.5) is 11.4 Å². The van der Waals surface area contributed by atoms with Crippen LogP contribution in [0.25, 0.3) is 0 Å². The fourth-order valence-corrected chi connectivity index (χ4v) is 2.47. The van der Waals surface area contributed by atoms with Crippen molar-refractivity contribution in [1.29, 1.82) is 0 Å². The van der Waals surface area contributed by atoms with E-state index in [0.29, 0.717) is 17.4 Å². The molecule has 2 unspecified atom stereocenters. The first-order chi connectivity index (χ1) is 9.02. The molecule has 1 aromatic carbocycles. The molecule has 0 aliphatic carbocycles. The lowest BCUT2D eigenvalue weighted by Crippen LogP contribution is -2.29. The molecule has 104 valence electrons. The summed E-state index contributed by atoms with van der Waals surface area (Å²) >= 11 is 0. The van der Waals surface area contributed by atoms with Crippen LogP contribution in [0.1, 0.15) is 13.3 Å². The lowest BCUT2D eigenvalue weighted by Gasteiger charge is -2.20. The van der Waals surface area contributed by atoms with Gasteiger partial charge in [0, 0.05) is 31.3 Å². The molecule has 2 N–H and O–H groups in total. The summed E-state index contributed by atoms with van der Waals surface area (Å²) in [5.74, 6) is 1.01. The van der Waals surface area contributed by atoms with Crippen LogP contribution in [0.5, 0.6) is 5.75 Å². The molecule has 0 bridgehead atoms. The molecular weight excluding hydrogens is 246 g/mol. The van der Waals surface area contributed by atoms with E-state index >= 15 is 0 Å². The zero-order chi connectivity index (χ0) is 14.0. The SMILES string of the molecule is COc1ccc([N+](=O)[O-])c(N2CCC(C(C)N)C2)c1. The van der Waals surface area contributed by atoms with Crippen molar-refractivity contribution in [3.05, 3.63) is 28.3 Å². The van der Waals surface area contributed by atoms with Crippen LogP contribution in [0, 0.1) is 16.0 Å². The van der Waals surface area contributed by atoms with Crippen LogP contribution in [-0.2, 0) is 0 Å². The van der Waals surface area contributed by atoms with Gasteiger partial charge in [-0.05, 0) is 25.3 Å². The molecule has 1 aromatic rings. The van der Waals surface area contributed by atoms with E-state index < -0.39 is 0 Å². The number of rotatable bonds is 4. The number of methoxy groups -OCH3 is 1. The standard InChI is InChI=1S/C13H19N3O3/c1-9(14)10-5-6-15(8-10)13-7-11(19-2)3-4-12(13)16(17)18/h3-4,7,9-10H,5-6,8,14H2,1-2H3. The molecule has 1 aliphatic rings. The van der Waals surface area contributed by atoms with E-state index in [-0.39, 0.29) is 16.7 Å². The highest BCUT2D eigenvalue weighted by Gasteiger charge is 2.29. The third kappa shape index (κ3) is 2.78. The minimum atomic E-state index is -0.353. The van der Waals surface area contributed by atoms with Gasteiger partial charge in [-0.1, -0.05) is 0 Å². The number of anilines is 1. The Morgan fingerprint density at radius 3 is 2.84 bits per heavy atom. The van der Waals surface area contributed by atoms with Crippen LogP contribution < -0.4 is 15.4 Å². The number of nitrogens with two attached hydrogens (primary N) is 1. The topological polar surface area (TPSA) is 81.6 Å². The fourth-order valence-electron chi connectivity index (χ4n) is 2.47.